The molecule has 9 heteroatoms. The summed E-state index contributed by atoms with van der Waals surface area (Å²) in [6.07, 6.45) is 5.63. The molecule has 0 aliphatic carbocycles. The fourth-order valence-corrected chi connectivity index (χ4v) is 3.69. The Morgan fingerprint density at radius 3 is 2.74 bits per heavy atom. The van der Waals surface area contributed by atoms with Crippen molar-refractivity contribution in [2.45, 2.75) is 18.4 Å². The molecule has 156 valence electrons. The molecule has 1 aliphatic heterocycles. The number of pyridine rings is 2. The maximum Gasteiger partial charge on any atom is 0.268 e. The Hall–Kier alpha value is -3.93. The highest BCUT2D eigenvalue weighted by molar-refractivity contribution is 6.06. The number of nitrogens with zero attached hydrogens (tertiary/aromatic N) is 4. The second-order valence-corrected chi connectivity index (χ2v) is 7.24. The van der Waals surface area contributed by atoms with E-state index in [0.717, 1.165) is 15.7 Å². The number of benzene rings is 1. The van der Waals surface area contributed by atoms with Gasteiger partial charge in [-0.15, -0.1) is 0 Å². The number of nitriles is 1. The van der Waals surface area contributed by atoms with Crippen molar-refractivity contribution in [3.8, 4) is 17.2 Å². The quantitative estimate of drug-likeness (QED) is 0.699. The smallest absolute Gasteiger partial charge is 0.268 e. The normalized spacial score (nSPS) is 17.3. The molecule has 2 amide bonds. The lowest BCUT2D eigenvalue weighted by atomic mass is 9.98. The first-order chi connectivity index (χ1) is 14.9. The second kappa shape index (κ2) is 8.07. The summed E-state index contributed by atoms with van der Waals surface area (Å²) >= 11 is 0. The topological polar surface area (TPSA) is 99.0 Å². The van der Waals surface area contributed by atoms with Crippen molar-refractivity contribution >= 4 is 22.6 Å². The number of carbonyl (C=O) groups excluding carboxylic acids is 2. The fraction of sp³-hybridized carbons (Fsp3) is 0.227. The van der Waals surface area contributed by atoms with Gasteiger partial charge in [-0.25, -0.2) is 8.78 Å². The molecule has 1 atom stereocenters. The predicted octanol–water partition coefficient (Wildman–Crippen LogP) is 2.79. The van der Waals surface area contributed by atoms with Gasteiger partial charge in [-0.2, -0.15) is 5.26 Å². The number of alkyl halides is 2. The lowest BCUT2D eigenvalue weighted by Gasteiger charge is -2.19. The maximum atomic E-state index is 13.6. The van der Waals surface area contributed by atoms with Crippen molar-refractivity contribution in [3.63, 3.8) is 0 Å². The summed E-state index contributed by atoms with van der Waals surface area (Å²) in [4.78, 5) is 34.3. The molecule has 1 aliphatic rings. The van der Waals surface area contributed by atoms with Gasteiger partial charge in [-0.3, -0.25) is 19.6 Å². The molecule has 1 aromatic carbocycles. The van der Waals surface area contributed by atoms with E-state index in [-0.39, 0.29) is 5.56 Å². The van der Waals surface area contributed by atoms with E-state index in [9.17, 15) is 18.4 Å². The Kier molecular flexibility index (Phi) is 5.29. The van der Waals surface area contributed by atoms with Crippen LogP contribution >= 0.6 is 0 Å². The van der Waals surface area contributed by atoms with Gasteiger partial charge in [0, 0.05) is 47.7 Å². The molecule has 1 N–H and O–H groups in total. The SMILES string of the molecule is N#CC1CC(F)(F)CN1C(=O)CNC(=O)c1ccncc1-c1cncc2ccccc12. The summed E-state index contributed by atoms with van der Waals surface area (Å²) in [6.45, 7) is -1.33. The van der Waals surface area contributed by atoms with E-state index in [1.807, 2.05) is 24.3 Å². The third-order valence-electron chi connectivity index (χ3n) is 5.16. The van der Waals surface area contributed by atoms with Gasteiger partial charge in [0.05, 0.1) is 24.7 Å². The van der Waals surface area contributed by atoms with Gasteiger partial charge >= 0.3 is 0 Å². The van der Waals surface area contributed by atoms with E-state index in [0.29, 0.717) is 11.1 Å². The molecule has 3 aromatic rings. The first-order valence-corrected chi connectivity index (χ1v) is 9.52. The van der Waals surface area contributed by atoms with E-state index in [4.69, 9.17) is 5.26 Å². The molecular formula is C22H17F2N5O2. The predicted molar refractivity (Wildman–Crippen MR) is 108 cm³/mol. The molecule has 1 saturated heterocycles. The number of carbonyl (C=O) groups is 2. The van der Waals surface area contributed by atoms with E-state index >= 15 is 0 Å². The van der Waals surface area contributed by atoms with Crippen LogP contribution in [-0.4, -0.2) is 51.7 Å². The number of rotatable bonds is 4. The summed E-state index contributed by atoms with van der Waals surface area (Å²) in [6, 6.07) is 9.58. The van der Waals surface area contributed by atoms with Gasteiger partial charge in [0.25, 0.3) is 11.8 Å². The van der Waals surface area contributed by atoms with Gasteiger partial charge in [0.15, 0.2) is 0 Å². The Labute approximate surface area is 176 Å². The molecule has 3 heterocycles. The molecule has 0 bridgehead atoms. The highest BCUT2D eigenvalue weighted by atomic mass is 19.3. The lowest BCUT2D eigenvalue weighted by Crippen LogP contribution is -2.43. The summed E-state index contributed by atoms with van der Waals surface area (Å²) in [5.74, 6) is -4.41. The molecule has 7 nitrogen and oxygen atoms in total. The van der Waals surface area contributed by atoms with Crippen LogP contribution in [0.3, 0.4) is 0 Å². The molecule has 0 radical (unpaired) electrons. The van der Waals surface area contributed by atoms with Gasteiger partial charge in [-0.05, 0) is 11.5 Å². The average Bonchev–Trinajstić information content (AvgIpc) is 3.11. The van der Waals surface area contributed by atoms with Crippen LogP contribution in [0.2, 0.25) is 0 Å². The largest absolute Gasteiger partial charge is 0.343 e. The zero-order chi connectivity index (χ0) is 22.0. The van der Waals surface area contributed by atoms with Crippen molar-refractivity contribution < 1.29 is 18.4 Å². The zero-order valence-electron chi connectivity index (χ0n) is 16.3. The Bertz CT molecular complexity index is 1200. The van der Waals surface area contributed by atoms with Crippen molar-refractivity contribution in [3.05, 3.63) is 60.7 Å². The molecule has 2 aromatic heterocycles. The minimum atomic E-state index is -3.11. The van der Waals surface area contributed by atoms with Crippen LogP contribution in [0.5, 0.6) is 0 Å². The maximum absolute atomic E-state index is 13.6. The minimum Gasteiger partial charge on any atom is -0.343 e. The lowest BCUT2D eigenvalue weighted by molar-refractivity contribution is -0.131. The van der Waals surface area contributed by atoms with Crippen LogP contribution in [0, 0.1) is 11.3 Å². The van der Waals surface area contributed by atoms with E-state index in [2.05, 4.69) is 15.3 Å². The van der Waals surface area contributed by atoms with Crippen LogP contribution in [0.1, 0.15) is 16.8 Å². The highest BCUT2D eigenvalue weighted by Crippen LogP contribution is 2.32. The molecular weight excluding hydrogens is 404 g/mol. The van der Waals surface area contributed by atoms with Crippen molar-refractivity contribution in [1.29, 1.82) is 5.26 Å². The molecule has 4 rings (SSSR count). The van der Waals surface area contributed by atoms with Crippen molar-refractivity contribution in [2.24, 2.45) is 0 Å². The number of nitrogens with one attached hydrogen (secondary N) is 1. The van der Waals surface area contributed by atoms with Crippen LogP contribution in [-0.2, 0) is 4.79 Å². The monoisotopic (exact) mass is 421 g/mol. The highest BCUT2D eigenvalue weighted by Gasteiger charge is 2.47. The first-order valence-electron chi connectivity index (χ1n) is 9.52. The van der Waals surface area contributed by atoms with E-state index in [1.165, 1.54) is 18.5 Å². The van der Waals surface area contributed by atoms with E-state index < -0.39 is 43.3 Å². The minimum absolute atomic E-state index is 0.268. The summed E-state index contributed by atoms with van der Waals surface area (Å²) in [7, 11) is 0. The van der Waals surface area contributed by atoms with Gasteiger partial charge in [0.1, 0.15) is 6.04 Å². The van der Waals surface area contributed by atoms with Crippen molar-refractivity contribution in [1.82, 2.24) is 20.2 Å². The molecule has 1 unspecified atom stereocenters. The van der Waals surface area contributed by atoms with Crippen molar-refractivity contribution in [2.75, 3.05) is 13.1 Å². The summed E-state index contributed by atoms with van der Waals surface area (Å²) in [5.41, 5.74) is 1.50. The summed E-state index contributed by atoms with van der Waals surface area (Å²) in [5, 5.41) is 13.3. The number of likely N-dealkylation sites (tertiary alicyclic amines) is 1. The molecule has 0 spiro atoms. The molecule has 0 saturated carbocycles. The Morgan fingerprint density at radius 1 is 1.16 bits per heavy atom. The third-order valence-corrected chi connectivity index (χ3v) is 5.16. The van der Waals surface area contributed by atoms with Gasteiger partial charge < -0.3 is 10.2 Å². The Morgan fingerprint density at radius 2 is 1.94 bits per heavy atom. The van der Waals surface area contributed by atoms with Gasteiger partial charge in [-0.1, -0.05) is 24.3 Å². The third kappa shape index (κ3) is 4.05. The number of hydrogen-bond donors (Lipinski definition) is 1. The van der Waals surface area contributed by atoms with Crippen LogP contribution < -0.4 is 5.32 Å². The number of hydrogen-bond acceptors (Lipinski definition) is 5. The second-order valence-electron chi connectivity index (χ2n) is 7.24. The number of halogens is 2. The zero-order valence-corrected chi connectivity index (χ0v) is 16.3. The van der Waals surface area contributed by atoms with Crippen LogP contribution in [0.15, 0.2) is 55.1 Å². The van der Waals surface area contributed by atoms with E-state index in [1.54, 1.807) is 18.5 Å². The summed E-state index contributed by atoms with van der Waals surface area (Å²) < 4.78 is 27.2. The number of aromatic nitrogens is 2. The average molecular weight is 421 g/mol. The number of amides is 2. The Balaban J connectivity index is 1.56. The number of fused-ring (bicyclic) bond motifs is 1. The van der Waals surface area contributed by atoms with Crippen LogP contribution in [0.25, 0.3) is 21.9 Å². The standard InChI is InChI=1S/C22H17F2N5O2/c23-22(24)7-15(8-25)29(13-22)20(30)12-28-21(31)17-5-6-26-10-19(17)18-11-27-9-14-3-1-2-4-16(14)18/h1-6,9-11,15H,7,12-13H2,(H,28,31). The van der Waals surface area contributed by atoms with Gasteiger partial charge in [0.2, 0.25) is 5.91 Å². The first kappa shape index (κ1) is 20.3. The fourth-order valence-electron chi connectivity index (χ4n) is 3.69. The molecule has 31 heavy (non-hydrogen) atoms. The molecule has 1 fully saturated rings. The van der Waals surface area contributed by atoms with Crippen LogP contribution in [0.4, 0.5) is 8.78 Å².